The third-order valence-electron chi connectivity index (χ3n) is 3.06. The summed E-state index contributed by atoms with van der Waals surface area (Å²) in [5, 5.41) is 5.91. The van der Waals surface area contributed by atoms with Crippen molar-refractivity contribution >= 4 is 21.7 Å². The first kappa shape index (κ1) is 15.7. The van der Waals surface area contributed by atoms with Crippen molar-refractivity contribution in [2.24, 2.45) is 5.92 Å². The largest absolute Gasteiger partial charge is 0.461 e. The highest BCUT2D eigenvalue weighted by Gasteiger charge is 2.27. The molecule has 1 aliphatic heterocycles. The van der Waals surface area contributed by atoms with Gasteiger partial charge in [-0.1, -0.05) is 0 Å². The van der Waals surface area contributed by atoms with Crippen LogP contribution in [0.5, 0.6) is 6.01 Å². The van der Waals surface area contributed by atoms with Crippen LogP contribution in [0.2, 0.25) is 0 Å². The molecular formula is C12H21N5O3S. The van der Waals surface area contributed by atoms with Crippen LogP contribution in [0, 0.1) is 5.92 Å². The van der Waals surface area contributed by atoms with Crippen molar-refractivity contribution in [1.82, 2.24) is 15.0 Å². The van der Waals surface area contributed by atoms with E-state index < -0.39 is 9.84 Å². The Morgan fingerprint density at radius 3 is 2.57 bits per heavy atom. The second-order valence-electron chi connectivity index (χ2n) is 5.33. The first-order chi connectivity index (χ1) is 9.88. The lowest BCUT2D eigenvalue weighted by molar-refractivity contribution is 0.222. The van der Waals surface area contributed by atoms with Crippen molar-refractivity contribution < 1.29 is 13.2 Å². The lowest BCUT2D eigenvalue weighted by Gasteiger charge is -2.12. The van der Waals surface area contributed by atoms with Gasteiger partial charge < -0.3 is 15.4 Å². The van der Waals surface area contributed by atoms with Gasteiger partial charge in [0.2, 0.25) is 11.9 Å². The van der Waals surface area contributed by atoms with Crippen LogP contribution in [0.1, 0.15) is 20.3 Å². The Morgan fingerprint density at radius 1 is 1.29 bits per heavy atom. The quantitative estimate of drug-likeness (QED) is 0.784. The minimum Gasteiger partial charge on any atom is -0.461 e. The van der Waals surface area contributed by atoms with Gasteiger partial charge >= 0.3 is 6.01 Å². The number of sulfone groups is 1. The number of nitrogens with one attached hydrogen (secondary N) is 2. The highest BCUT2D eigenvalue weighted by atomic mass is 32.2. The van der Waals surface area contributed by atoms with Gasteiger partial charge in [0, 0.05) is 13.6 Å². The van der Waals surface area contributed by atoms with Crippen LogP contribution in [-0.2, 0) is 9.84 Å². The average molecular weight is 315 g/mol. The lowest BCUT2D eigenvalue weighted by atomic mass is 10.1. The van der Waals surface area contributed by atoms with Crippen molar-refractivity contribution in [3.8, 4) is 6.01 Å². The molecule has 118 valence electrons. The summed E-state index contributed by atoms with van der Waals surface area (Å²) in [7, 11) is -1.16. The van der Waals surface area contributed by atoms with E-state index in [4.69, 9.17) is 4.74 Å². The topological polar surface area (TPSA) is 106 Å². The molecule has 9 heteroatoms. The number of rotatable bonds is 6. The van der Waals surface area contributed by atoms with E-state index in [1.54, 1.807) is 7.05 Å². The Hall–Kier alpha value is -1.64. The summed E-state index contributed by atoms with van der Waals surface area (Å²) in [6, 6.07) is 0.242. The van der Waals surface area contributed by atoms with E-state index in [9.17, 15) is 8.42 Å². The molecular weight excluding hydrogens is 294 g/mol. The summed E-state index contributed by atoms with van der Waals surface area (Å²) in [5.74, 6) is 1.37. The fourth-order valence-electron chi connectivity index (χ4n) is 2.08. The smallest absolute Gasteiger partial charge is 0.323 e. The normalized spacial score (nSPS) is 20.5. The van der Waals surface area contributed by atoms with E-state index in [0.29, 0.717) is 24.9 Å². The molecule has 8 nitrogen and oxygen atoms in total. The van der Waals surface area contributed by atoms with Crippen LogP contribution in [0.15, 0.2) is 0 Å². The number of aromatic nitrogens is 3. The van der Waals surface area contributed by atoms with Gasteiger partial charge in [0.1, 0.15) is 0 Å². The molecule has 1 unspecified atom stereocenters. The number of nitrogens with zero attached hydrogens (tertiary/aromatic N) is 3. The monoisotopic (exact) mass is 315 g/mol. The molecule has 1 saturated heterocycles. The van der Waals surface area contributed by atoms with Gasteiger partial charge in [0.25, 0.3) is 0 Å². The molecule has 0 spiro atoms. The summed E-state index contributed by atoms with van der Waals surface area (Å²) < 4.78 is 28.3. The number of anilines is 2. The molecule has 0 bridgehead atoms. The molecule has 1 atom stereocenters. The van der Waals surface area contributed by atoms with Crippen molar-refractivity contribution in [1.29, 1.82) is 0 Å². The molecule has 1 aliphatic rings. The Bertz CT molecular complexity index is 591. The Kier molecular flexibility index (Phi) is 4.81. The van der Waals surface area contributed by atoms with E-state index in [2.05, 4.69) is 25.6 Å². The SMILES string of the molecule is CNc1nc(NCC2CCS(=O)(=O)C2)nc(OC(C)C)n1. The van der Waals surface area contributed by atoms with Crippen LogP contribution in [0.25, 0.3) is 0 Å². The fraction of sp³-hybridized carbons (Fsp3) is 0.750. The van der Waals surface area contributed by atoms with Crippen molar-refractivity contribution in [3.63, 3.8) is 0 Å². The molecule has 2 N–H and O–H groups in total. The standard InChI is InChI=1S/C12H21N5O3S/c1-8(2)20-12-16-10(13-3)15-11(17-12)14-6-9-4-5-21(18,19)7-9/h8-9H,4-7H2,1-3H3,(H2,13,14,15,16,17). The van der Waals surface area contributed by atoms with E-state index in [1.807, 2.05) is 13.8 Å². The van der Waals surface area contributed by atoms with E-state index in [1.165, 1.54) is 0 Å². The summed E-state index contributed by atoms with van der Waals surface area (Å²) >= 11 is 0. The number of ether oxygens (including phenoxy) is 1. The Morgan fingerprint density at radius 2 is 2.00 bits per heavy atom. The fourth-order valence-corrected chi connectivity index (χ4v) is 3.94. The Balaban J connectivity index is 2.02. The molecule has 0 aliphatic carbocycles. The van der Waals surface area contributed by atoms with E-state index >= 15 is 0 Å². The third-order valence-corrected chi connectivity index (χ3v) is 4.89. The van der Waals surface area contributed by atoms with Gasteiger partial charge in [-0.05, 0) is 26.2 Å². The maximum Gasteiger partial charge on any atom is 0.323 e. The van der Waals surface area contributed by atoms with Gasteiger partial charge in [-0.25, -0.2) is 8.42 Å². The molecule has 0 saturated carbocycles. The Labute approximate surface area is 124 Å². The summed E-state index contributed by atoms with van der Waals surface area (Å²) in [6.07, 6.45) is 0.638. The van der Waals surface area contributed by atoms with E-state index in [0.717, 1.165) is 0 Å². The van der Waals surface area contributed by atoms with Gasteiger partial charge in [-0.3, -0.25) is 0 Å². The third kappa shape index (κ3) is 4.69. The molecule has 0 radical (unpaired) electrons. The molecule has 1 aromatic heterocycles. The van der Waals surface area contributed by atoms with Crippen LogP contribution in [-0.4, -0.2) is 54.6 Å². The van der Waals surface area contributed by atoms with Gasteiger partial charge in [-0.15, -0.1) is 0 Å². The summed E-state index contributed by atoms with van der Waals surface area (Å²) in [4.78, 5) is 12.5. The highest BCUT2D eigenvalue weighted by molar-refractivity contribution is 7.91. The molecule has 2 heterocycles. The van der Waals surface area contributed by atoms with Crippen molar-refractivity contribution in [2.75, 3.05) is 35.7 Å². The number of hydrogen-bond acceptors (Lipinski definition) is 8. The minimum atomic E-state index is -2.87. The predicted molar refractivity (Wildman–Crippen MR) is 80.4 cm³/mol. The van der Waals surface area contributed by atoms with Crippen LogP contribution >= 0.6 is 0 Å². The van der Waals surface area contributed by atoms with Gasteiger partial charge in [0.15, 0.2) is 9.84 Å². The molecule has 0 amide bonds. The zero-order chi connectivity index (χ0) is 15.5. The van der Waals surface area contributed by atoms with Gasteiger partial charge in [0.05, 0.1) is 17.6 Å². The lowest BCUT2D eigenvalue weighted by Crippen LogP contribution is -2.18. The molecule has 0 aromatic carbocycles. The maximum atomic E-state index is 11.4. The summed E-state index contributed by atoms with van der Waals surface area (Å²) in [5.41, 5.74) is 0. The molecule has 21 heavy (non-hydrogen) atoms. The van der Waals surface area contributed by atoms with Crippen molar-refractivity contribution in [3.05, 3.63) is 0 Å². The minimum absolute atomic E-state index is 0.0371. The zero-order valence-electron chi connectivity index (χ0n) is 12.5. The highest BCUT2D eigenvalue weighted by Crippen LogP contribution is 2.19. The number of hydrogen-bond donors (Lipinski definition) is 2. The van der Waals surface area contributed by atoms with Crippen LogP contribution < -0.4 is 15.4 Å². The maximum absolute atomic E-state index is 11.4. The second-order valence-corrected chi connectivity index (χ2v) is 7.56. The molecule has 2 rings (SSSR count). The van der Waals surface area contributed by atoms with E-state index in [-0.39, 0.29) is 29.5 Å². The van der Waals surface area contributed by atoms with Gasteiger partial charge in [-0.2, -0.15) is 15.0 Å². The second kappa shape index (κ2) is 6.42. The van der Waals surface area contributed by atoms with Crippen LogP contribution in [0.4, 0.5) is 11.9 Å². The molecule has 1 aromatic rings. The first-order valence-electron chi connectivity index (χ1n) is 6.93. The average Bonchev–Trinajstić information content (AvgIpc) is 2.75. The zero-order valence-corrected chi connectivity index (χ0v) is 13.3. The van der Waals surface area contributed by atoms with Crippen molar-refractivity contribution in [2.45, 2.75) is 26.4 Å². The molecule has 1 fully saturated rings. The van der Waals surface area contributed by atoms with Crippen LogP contribution in [0.3, 0.4) is 0 Å². The summed E-state index contributed by atoms with van der Waals surface area (Å²) in [6.45, 7) is 4.30. The first-order valence-corrected chi connectivity index (χ1v) is 8.75. The predicted octanol–water partition coefficient (Wildman–Crippen LogP) is 0.547.